The number of ether oxygens (including phenoxy) is 2. The first-order valence-electron chi connectivity index (χ1n) is 18.3. The Balaban J connectivity index is 1.03. The van der Waals surface area contributed by atoms with Crippen molar-refractivity contribution in [3.63, 3.8) is 0 Å². The SMILES string of the molecule is C[C@]12CCC(OC(=O)CCCCCC(=O)OC(=O)[C@@H](N)CCCN=C(N)N)CC1CC[C@@H]1[C@@H]2CC[C@]2(C)[C@@H](c3ccc(=O)oc3)CC[C@]12O. The third-order valence-corrected chi connectivity index (χ3v) is 13.0. The van der Waals surface area contributed by atoms with E-state index in [1.165, 1.54) is 6.07 Å². The first-order valence-corrected chi connectivity index (χ1v) is 18.3. The molecule has 0 amide bonds. The van der Waals surface area contributed by atoms with Gasteiger partial charge in [0, 0.05) is 30.9 Å². The second-order valence-corrected chi connectivity index (χ2v) is 15.6. The molecule has 0 spiro atoms. The van der Waals surface area contributed by atoms with Gasteiger partial charge in [-0.05, 0) is 124 Å². The van der Waals surface area contributed by atoms with Crippen LogP contribution in [0, 0.1) is 28.6 Å². The van der Waals surface area contributed by atoms with Crippen molar-refractivity contribution in [3.8, 4) is 0 Å². The topological polar surface area (TPSA) is 211 Å². The third kappa shape index (κ3) is 7.90. The number of unbranched alkanes of at least 4 members (excludes halogenated alkanes) is 2. The van der Waals surface area contributed by atoms with E-state index in [9.17, 15) is 24.3 Å². The molecule has 0 aliphatic heterocycles. The Morgan fingerprint density at radius 2 is 1.71 bits per heavy atom. The van der Waals surface area contributed by atoms with Gasteiger partial charge in [-0.3, -0.25) is 14.6 Å². The summed E-state index contributed by atoms with van der Waals surface area (Å²) >= 11 is 0. The van der Waals surface area contributed by atoms with E-state index in [1.807, 2.05) is 6.07 Å². The predicted octanol–water partition coefficient (Wildman–Crippen LogP) is 4.19. The lowest BCUT2D eigenvalue weighted by Gasteiger charge is -2.63. The van der Waals surface area contributed by atoms with Crippen molar-refractivity contribution in [2.75, 3.05) is 6.54 Å². The molecule has 9 atom stereocenters. The van der Waals surface area contributed by atoms with Gasteiger partial charge in [0.25, 0.3) is 0 Å². The van der Waals surface area contributed by atoms with Crippen molar-refractivity contribution in [2.45, 2.75) is 140 Å². The molecule has 4 saturated carbocycles. The summed E-state index contributed by atoms with van der Waals surface area (Å²) in [6.07, 6.45) is 12.8. The molecular weight excluding hydrogens is 628 g/mol. The number of aliphatic hydroxyl groups is 1. The fraction of sp³-hybridized carbons (Fsp3) is 0.757. The number of guanidine groups is 1. The zero-order chi connectivity index (χ0) is 35.4. The number of nitrogens with zero attached hydrogens (tertiary/aromatic N) is 1. The summed E-state index contributed by atoms with van der Waals surface area (Å²) in [5.41, 5.74) is 16.1. The van der Waals surface area contributed by atoms with Crippen LogP contribution in [0.3, 0.4) is 0 Å². The van der Waals surface area contributed by atoms with E-state index in [0.717, 1.165) is 63.4 Å². The van der Waals surface area contributed by atoms with E-state index in [1.54, 1.807) is 6.26 Å². The van der Waals surface area contributed by atoms with Crippen LogP contribution in [0.15, 0.2) is 32.6 Å². The van der Waals surface area contributed by atoms with Gasteiger partial charge in [0.2, 0.25) is 0 Å². The first-order chi connectivity index (χ1) is 23.3. The third-order valence-electron chi connectivity index (χ3n) is 13.0. The van der Waals surface area contributed by atoms with Crippen molar-refractivity contribution in [3.05, 3.63) is 34.4 Å². The fourth-order valence-electron chi connectivity index (χ4n) is 10.2. The summed E-state index contributed by atoms with van der Waals surface area (Å²) in [6, 6.07) is 2.45. The minimum Gasteiger partial charge on any atom is -0.462 e. The first kappa shape index (κ1) is 37.0. The molecule has 0 aromatic carbocycles. The van der Waals surface area contributed by atoms with Crippen LogP contribution in [0.4, 0.5) is 0 Å². The molecule has 5 rings (SSSR count). The van der Waals surface area contributed by atoms with Crippen LogP contribution in [0.25, 0.3) is 0 Å². The monoisotopic (exact) mass is 684 g/mol. The Morgan fingerprint density at radius 1 is 0.959 bits per heavy atom. The number of fused-ring (bicyclic) bond motifs is 5. The number of carbonyl (C=O) groups excluding carboxylic acids is 3. The Kier molecular flexibility index (Phi) is 11.6. The average Bonchev–Trinajstić information content (AvgIpc) is 3.34. The second-order valence-electron chi connectivity index (χ2n) is 15.6. The number of hydrogen-bond donors (Lipinski definition) is 4. The summed E-state index contributed by atoms with van der Waals surface area (Å²) in [4.78, 5) is 52.3. The maximum atomic E-state index is 12.8. The minimum atomic E-state index is -0.918. The molecule has 272 valence electrons. The van der Waals surface area contributed by atoms with Gasteiger partial charge in [0.1, 0.15) is 12.1 Å². The quantitative estimate of drug-likeness (QED) is 0.0761. The van der Waals surface area contributed by atoms with Crippen molar-refractivity contribution < 1.29 is 33.4 Å². The van der Waals surface area contributed by atoms with Crippen molar-refractivity contribution in [2.24, 2.45) is 50.8 Å². The lowest BCUT2D eigenvalue weighted by Crippen LogP contribution is -2.62. The molecule has 1 aromatic heterocycles. The van der Waals surface area contributed by atoms with Crippen LogP contribution >= 0.6 is 0 Å². The highest BCUT2D eigenvalue weighted by Gasteiger charge is 2.67. The van der Waals surface area contributed by atoms with Gasteiger partial charge >= 0.3 is 23.5 Å². The fourth-order valence-corrected chi connectivity index (χ4v) is 10.2. The minimum absolute atomic E-state index is 0.0317. The van der Waals surface area contributed by atoms with Crippen LogP contribution in [0.2, 0.25) is 0 Å². The molecule has 0 radical (unpaired) electrons. The Hall–Kier alpha value is -3.25. The number of esters is 3. The summed E-state index contributed by atoms with van der Waals surface area (Å²) in [5.74, 6) is -0.331. The Morgan fingerprint density at radius 3 is 2.43 bits per heavy atom. The van der Waals surface area contributed by atoms with Gasteiger partial charge in [0.05, 0.1) is 11.9 Å². The normalized spacial score (nSPS) is 34.1. The van der Waals surface area contributed by atoms with Crippen LogP contribution in [0.1, 0.15) is 128 Å². The number of hydrogen-bond acceptors (Lipinski definition) is 10. The highest BCUT2D eigenvalue weighted by molar-refractivity contribution is 5.88. The summed E-state index contributed by atoms with van der Waals surface area (Å²) in [6.45, 7) is 5.01. The molecule has 12 heteroatoms. The summed E-state index contributed by atoms with van der Waals surface area (Å²) in [5, 5.41) is 12.5. The molecule has 4 aliphatic rings. The lowest BCUT2D eigenvalue weighted by molar-refractivity contribution is -0.207. The van der Waals surface area contributed by atoms with E-state index in [0.29, 0.717) is 50.5 Å². The molecule has 12 nitrogen and oxygen atoms in total. The van der Waals surface area contributed by atoms with Gasteiger partial charge in [-0.25, -0.2) is 9.59 Å². The zero-order valence-electron chi connectivity index (χ0n) is 29.2. The molecule has 0 bridgehead atoms. The molecule has 4 fully saturated rings. The van der Waals surface area contributed by atoms with Crippen LogP contribution < -0.4 is 22.8 Å². The van der Waals surface area contributed by atoms with Gasteiger partial charge in [-0.1, -0.05) is 20.3 Å². The van der Waals surface area contributed by atoms with Crippen LogP contribution in [-0.2, 0) is 23.9 Å². The highest BCUT2D eigenvalue weighted by Crippen LogP contribution is 2.70. The number of aliphatic imine (C=N–C) groups is 1. The van der Waals surface area contributed by atoms with E-state index < -0.39 is 23.6 Å². The molecule has 1 aromatic rings. The highest BCUT2D eigenvalue weighted by atomic mass is 16.6. The molecule has 1 heterocycles. The van der Waals surface area contributed by atoms with Gasteiger partial charge in [-0.15, -0.1) is 0 Å². The standard InChI is InChI=1S/C37H56N4O8/c1-35-17-14-25(48-31(43)8-4-3-5-9-32(44)49-33(45)29(38)7-6-20-41-34(39)40)21-24(35)11-12-28-27(35)15-18-36(2)26(16-19-37(28,36)46)23-10-13-30(42)47-22-23/h10,13,22,24-29,46H,3-9,11-12,14-21,38H2,1-2H3,(H4,39,40,41)/t24?,25?,26-,27+,28-,29+,35+,36-,37+/m1/s1. The lowest BCUT2D eigenvalue weighted by atomic mass is 9.43. The molecule has 49 heavy (non-hydrogen) atoms. The van der Waals surface area contributed by atoms with Gasteiger partial charge < -0.3 is 36.2 Å². The molecular formula is C37H56N4O8. The Bertz CT molecular complexity index is 1420. The smallest absolute Gasteiger partial charge is 0.335 e. The van der Waals surface area contributed by atoms with E-state index >= 15 is 0 Å². The summed E-state index contributed by atoms with van der Waals surface area (Å²) < 4.78 is 16.0. The average molecular weight is 685 g/mol. The molecule has 0 saturated heterocycles. The molecule has 7 N–H and O–H groups in total. The summed E-state index contributed by atoms with van der Waals surface area (Å²) in [7, 11) is 0. The zero-order valence-corrected chi connectivity index (χ0v) is 29.2. The largest absolute Gasteiger partial charge is 0.462 e. The molecule has 4 aliphatic carbocycles. The predicted molar refractivity (Wildman–Crippen MR) is 183 cm³/mol. The van der Waals surface area contributed by atoms with Crippen molar-refractivity contribution >= 4 is 23.9 Å². The van der Waals surface area contributed by atoms with E-state index in [4.69, 9.17) is 31.1 Å². The van der Waals surface area contributed by atoms with E-state index in [-0.39, 0.29) is 59.2 Å². The van der Waals surface area contributed by atoms with Crippen molar-refractivity contribution in [1.29, 1.82) is 0 Å². The van der Waals surface area contributed by atoms with Crippen LogP contribution in [0.5, 0.6) is 0 Å². The Labute approximate surface area is 288 Å². The maximum absolute atomic E-state index is 12.8. The number of carbonyl (C=O) groups is 3. The number of rotatable bonds is 13. The van der Waals surface area contributed by atoms with E-state index in [2.05, 4.69) is 18.8 Å². The van der Waals surface area contributed by atoms with Crippen molar-refractivity contribution in [1.82, 2.24) is 0 Å². The maximum Gasteiger partial charge on any atom is 0.335 e. The molecule has 2 unspecified atom stereocenters. The number of nitrogens with two attached hydrogens (primary N) is 3. The van der Waals surface area contributed by atoms with Crippen LogP contribution in [-0.4, -0.2) is 53.3 Å². The van der Waals surface area contributed by atoms with Gasteiger partial charge in [-0.2, -0.15) is 0 Å². The van der Waals surface area contributed by atoms with Gasteiger partial charge in [0.15, 0.2) is 5.96 Å². The second kappa shape index (κ2) is 15.3.